The monoisotopic (exact) mass is 533 g/mol. The standard InChI is InChI=1S/C23H43N5O9/c1-2-12-36-14-15-37-13-3-24-20(29)16-25-4-6-26(17-21(30)31)8-10-28(19-23(34)35)11-9-27(7-5-25)18-22(32)33/h2-19H2,1H3,(H,24,29)(H,30,31)(H,32,33)(H,34,35). The quantitative estimate of drug-likeness (QED) is 0.161. The van der Waals surface area contributed by atoms with E-state index < -0.39 is 17.9 Å². The molecular weight excluding hydrogens is 490 g/mol. The van der Waals surface area contributed by atoms with Gasteiger partial charge in [0.05, 0.1) is 46.0 Å². The highest BCUT2D eigenvalue weighted by Gasteiger charge is 2.21. The number of hydrogen-bond acceptors (Lipinski definition) is 10. The van der Waals surface area contributed by atoms with Crippen molar-refractivity contribution in [3.8, 4) is 0 Å². The van der Waals surface area contributed by atoms with Crippen molar-refractivity contribution in [2.45, 2.75) is 13.3 Å². The first-order valence-corrected chi connectivity index (χ1v) is 12.7. The van der Waals surface area contributed by atoms with Crippen molar-refractivity contribution in [2.24, 2.45) is 0 Å². The fraction of sp³-hybridized carbons (Fsp3) is 0.826. The normalized spacial score (nSPS) is 17.5. The van der Waals surface area contributed by atoms with E-state index in [4.69, 9.17) is 9.47 Å². The first kappa shape index (κ1) is 32.7. The second-order valence-corrected chi connectivity index (χ2v) is 8.86. The van der Waals surface area contributed by atoms with E-state index >= 15 is 0 Å². The Bertz CT molecular complexity index is 666. The summed E-state index contributed by atoms with van der Waals surface area (Å²) in [5.41, 5.74) is 0. The highest BCUT2D eigenvalue weighted by atomic mass is 16.5. The van der Waals surface area contributed by atoms with Crippen LogP contribution in [0, 0.1) is 0 Å². The SMILES string of the molecule is CCCOCCOCCNC(=O)CN1CCN(CC(=O)O)CCN(CC(=O)O)CCN(CC(=O)O)CC1. The lowest BCUT2D eigenvalue weighted by Crippen LogP contribution is -2.50. The van der Waals surface area contributed by atoms with Gasteiger partial charge in [0.2, 0.25) is 5.91 Å². The van der Waals surface area contributed by atoms with Crippen LogP contribution in [0.15, 0.2) is 0 Å². The molecule has 0 atom stereocenters. The van der Waals surface area contributed by atoms with Crippen LogP contribution < -0.4 is 5.32 Å². The maximum atomic E-state index is 12.5. The van der Waals surface area contributed by atoms with E-state index in [1.54, 1.807) is 14.7 Å². The van der Waals surface area contributed by atoms with E-state index in [9.17, 15) is 34.5 Å². The molecule has 14 heteroatoms. The summed E-state index contributed by atoms with van der Waals surface area (Å²) < 4.78 is 10.8. The predicted octanol–water partition coefficient (Wildman–Crippen LogP) is -1.98. The van der Waals surface area contributed by atoms with Gasteiger partial charge in [0.25, 0.3) is 0 Å². The van der Waals surface area contributed by atoms with Crippen molar-refractivity contribution in [1.82, 2.24) is 24.9 Å². The minimum absolute atomic E-state index is 0.0760. The first-order valence-electron chi connectivity index (χ1n) is 12.7. The molecule has 1 fully saturated rings. The molecule has 1 saturated heterocycles. The number of carbonyl (C=O) groups excluding carboxylic acids is 1. The van der Waals surface area contributed by atoms with E-state index in [2.05, 4.69) is 5.32 Å². The number of carboxylic acid groups (broad SMARTS) is 3. The Morgan fingerprint density at radius 3 is 1.30 bits per heavy atom. The summed E-state index contributed by atoms with van der Waals surface area (Å²) in [4.78, 5) is 53.4. The van der Waals surface area contributed by atoms with Crippen LogP contribution in [-0.4, -0.2) is 170 Å². The fourth-order valence-electron chi connectivity index (χ4n) is 3.77. The summed E-state index contributed by atoms with van der Waals surface area (Å²) in [7, 11) is 0. The Labute approximate surface area is 218 Å². The summed E-state index contributed by atoms with van der Waals surface area (Å²) in [6.07, 6.45) is 0.942. The molecule has 1 aliphatic rings. The van der Waals surface area contributed by atoms with Gasteiger partial charge in [-0.05, 0) is 6.42 Å². The van der Waals surface area contributed by atoms with Gasteiger partial charge in [0.15, 0.2) is 0 Å². The number of rotatable bonds is 16. The molecule has 1 rings (SSSR count). The summed E-state index contributed by atoms with van der Waals surface area (Å²) in [5, 5.41) is 30.6. The van der Waals surface area contributed by atoms with Crippen molar-refractivity contribution >= 4 is 23.8 Å². The smallest absolute Gasteiger partial charge is 0.317 e. The minimum atomic E-state index is -1.01. The molecule has 0 aliphatic carbocycles. The molecule has 0 aromatic rings. The predicted molar refractivity (Wildman–Crippen MR) is 134 cm³/mol. The lowest BCUT2D eigenvalue weighted by Gasteiger charge is -2.32. The van der Waals surface area contributed by atoms with Crippen LogP contribution >= 0.6 is 0 Å². The molecule has 1 heterocycles. The van der Waals surface area contributed by atoms with Gasteiger partial charge in [-0.1, -0.05) is 6.92 Å². The zero-order chi connectivity index (χ0) is 27.5. The molecule has 1 amide bonds. The highest BCUT2D eigenvalue weighted by Crippen LogP contribution is 2.01. The molecule has 0 radical (unpaired) electrons. The van der Waals surface area contributed by atoms with Crippen LogP contribution in [0.3, 0.4) is 0 Å². The van der Waals surface area contributed by atoms with Crippen molar-refractivity contribution in [1.29, 1.82) is 0 Å². The highest BCUT2D eigenvalue weighted by molar-refractivity contribution is 5.78. The van der Waals surface area contributed by atoms with E-state index in [1.807, 2.05) is 11.8 Å². The average molecular weight is 534 g/mol. The molecule has 4 N–H and O–H groups in total. The zero-order valence-corrected chi connectivity index (χ0v) is 21.8. The number of carbonyl (C=O) groups is 4. The minimum Gasteiger partial charge on any atom is -0.480 e. The Hall–Kier alpha value is -2.36. The molecule has 37 heavy (non-hydrogen) atoms. The maximum Gasteiger partial charge on any atom is 0.317 e. The third-order valence-electron chi connectivity index (χ3n) is 5.66. The van der Waals surface area contributed by atoms with Crippen LogP contribution in [-0.2, 0) is 28.7 Å². The molecule has 0 saturated carbocycles. The summed E-state index contributed by atoms with van der Waals surface area (Å²) in [5.74, 6) is -3.20. The number of aliphatic carboxylic acids is 3. The Morgan fingerprint density at radius 1 is 0.595 bits per heavy atom. The number of hydrogen-bond donors (Lipinski definition) is 4. The van der Waals surface area contributed by atoms with Gasteiger partial charge in [0, 0.05) is 65.5 Å². The van der Waals surface area contributed by atoms with Gasteiger partial charge in [-0.15, -0.1) is 0 Å². The molecule has 0 spiro atoms. The number of ether oxygens (including phenoxy) is 2. The lowest BCUT2D eigenvalue weighted by molar-refractivity contribution is -0.140. The number of carboxylic acids is 3. The second-order valence-electron chi connectivity index (χ2n) is 8.86. The molecule has 0 aromatic heterocycles. The molecule has 14 nitrogen and oxygen atoms in total. The summed E-state index contributed by atoms with van der Waals surface area (Å²) in [6.45, 7) is 6.63. The van der Waals surface area contributed by atoms with Crippen LogP contribution in [0.4, 0.5) is 0 Å². The largest absolute Gasteiger partial charge is 0.480 e. The molecule has 0 bridgehead atoms. The lowest BCUT2D eigenvalue weighted by atomic mass is 10.3. The van der Waals surface area contributed by atoms with Crippen molar-refractivity contribution < 1.29 is 44.0 Å². The molecule has 0 unspecified atom stereocenters. The topological polar surface area (TPSA) is 172 Å². The van der Waals surface area contributed by atoms with E-state index in [1.165, 1.54) is 0 Å². The van der Waals surface area contributed by atoms with Gasteiger partial charge in [-0.2, -0.15) is 0 Å². The third kappa shape index (κ3) is 17.7. The van der Waals surface area contributed by atoms with Gasteiger partial charge in [-0.25, -0.2) is 0 Å². The molecule has 1 aliphatic heterocycles. The van der Waals surface area contributed by atoms with Gasteiger partial charge in [-0.3, -0.25) is 38.8 Å². The fourth-order valence-corrected chi connectivity index (χ4v) is 3.77. The van der Waals surface area contributed by atoms with Crippen molar-refractivity contribution in [2.75, 3.05) is 112 Å². The molecule has 0 aromatic carbocycles. The van der Waals surface area contributed by atoms with Crippen molar-refractivity contribution in [3.63, 3.8) is 0 Å². The summed E-state index contributed by atoms with van der Waals surface area (Å²) in [6, 6.07) is 0. The number of nitrogens with zero attached hydrogens (tertiary/aromatic N) is 4. The number of nitrogens with one attached hydrogen (secondary N) is 1. The van der Waals surface area contributed by atoms with E-state index in [0.29, 0.717) is 85.3 Å². The summed E-state index contributed by atoms with van der Waals surface area (Å²) >= 11 is 0. The maximum absolute atomic E-state index is 12.5. The Balaban J connectivity index is 2.70. The Morgan fingerprint density at radius 2 is 0.946 bits per heavy atom. The zero-order valence-electron chi connectivity index (χ0n) is 21.8. The van der Waals surface area contributed by atoms with Gasteiger partial charge < -0.3 is 30.1 Å². The average Bonchev–Trinajstić information content (AvgIpc) is 2.81. The van der Waals surface area contributed by atoms with Crippen molar-refractivity contribution in [3.05, 3.63) is 0 Å². The molecular formula is C23H43N5O9. The van der Waals surface area contributed by atoms with Gasteiger partial charge >= 0.3 is 17.9 Å². The van der Waals surface area contributed by atoms with E-state index in [-0.39, 0.29) is 32.1 Å². The van der Waals surface area contributed by atoms with Crippen LogP contribution in [0.5, 0.6) is 0 Å². The van der Waals surface area contributed by atoms with Crippen LogP contribution in [0.1, 0.15) is 13.3 Å². The van der Waals surface area contributed by atoms with Crippen LogP contribution in [0.2, 0.25) is 0 Å². The number of amides is 1. The van der Waals surface area contributed by atoms with E-state index in [0.717, 1.165) is 6.42 Å². The van der Waals surface area contributed by atoms with Gasteiger partial charge in [0.1, 0.15) is 0 Å². The third-order valence-corrected chi connectivity index (χ3v) is 5.66. The molecule has 214 valence electrons. The Kier molecular flexibility index (Phi) is 17.4. The second kappa shape index (κ2) is 19.7. The first-order chi connectivity index (χ1) is 17.7. The van der Waals surface area contributed by atoms with Crippen LogP contribution in [0.25, 0.3) is 0 Å².